The molecule has 1 aliphatic rings. The molecule has 0 saturated heterocycles. The first-order chi connectivity index (χ1) is 12.0. The SMILES string of the molecule is COc1cc([N+](=O)[O-])c(C(=O)N(C)C2CCCCCCC2)cc1SC. The first-order valence-corrected chi connectivity index (χ1v) is 9.89. The lowest BCUT2D eigenvalue weighted by molar-refractivity contribution is -0.385. The van der Waals surface area contributed by atoms with Crippen molar-refractivity contribution in [3.63, 3.8) is 0 Å². The normalized spacial score (nSPS) is 16.0. The molecular formula is C18H26N2O4S. The molecule has 2 rings (SSSR count). The number of nitro groups is 1. The Labute approximate surface area is 153 Å². The number of hydrogen-bond donors (Lipinski definition) is 0. The van der Waals surface area contributed by atoms with Crippen molar-refractivity contribution < 1.29 is 14.5 Å². The largest absolute Gasteiger partial charge is 0.495 e. The molecule has 0 spiro atoms. The predicted molar refractivity (Wildman–Crippen MR) is 99.6 cm³/mol. The first-order valence-electron chi connectivity index (χ1n) is 8.67. The summed E-state index contributed by atoms with van der Waals surface area (Å²) >= 11 is 1.41. The molecule has 0 aromatic heterocycles. The predicted octanol–water partition coefficient (Wildman–Crippen LogP) is 4.51. The van der Waals surface area contributed by atoms with Crippen LogP contribution in [0.4, 0.5) is 5.69 Å². The first kappa shape index (κ1) is 19.6. The molecule has 0 bridgehead atoms. The Morgan fingerprint density at radius 3 is 2.36 bits per heavy atom. The van der Waals surface area contributed by atoms with Crippen LogP contribution in [0.2, 0.25) is 0 Å². The van der Waals surface area contributed by atoms with Crippen LogP contribution in [0.25, 0.3) is 0 Å². The second-order valence-corrected chi connectivity index (χ2v) is 7.24. The average molecular weight is 366 g/mol. The number of thioether (sulfide) groups is 1. The van der Waals surface area contributed by atoms with Crippen molar-refractivity contribution in [1.29, 1.82) is 0 Å². The van der Waals surface area contributed by atoms with Crippen LogP contribution in [0.3, 0.4) is 0 Å². The molecule has 6 nitrogen and oxygen atoms in total. The number of hydrogen-bond acceptors (Lipinski definition) is 5. The van der Waals surface area contributed by atoms with E-state index >= 15 is 0 Å². The van der Waals surface area contributed by atoms with E-state index in [-0.39, 0.29) is 23.2 Å². The Morgan fingerprint density at radius 2 is 1.84 bits per heavy atom. The Balaban J connectivity index is 2.34. The van der Waals surface area contributed by atoms with E-state index in [4.69, 9.17) is 4.74 Å². The Morgan fingerprint density at radius 1 is 1.24 bits per heavy atom. The molecule has 138 valence electrons. The van der Waals surface area contributed by atoms with Gasteiger partial charge in [0.05, 0.1) is 23.0 Å². The molecule has 1 fully saturated rings. The Hall–Kier alpha value is -1.76. The molecule has 0 unspecified atom stereocenters. The highest BCUT2D eigenvalue weighted by Crippen LogP contribution is 2.35. The number of benzene rings is 1. The van der Waals surface area contributed by atoms with Crippen molar-refractivity contribution in [2.75, 3.05) is 20.4 Å². The fourth-order valence-electron chi connectivity index (χ4n) is 3.37. The van der Waals surface area contributed by atoms with Gasteiger partial charge in [-0.1, -0.05) is 32.1 Å². The van der Waals surface area contributed by atoms with Crippen molar-refractivity contribution in [2.45, 2.75) is 55.9 Å². The third-order valence-corrected chi connectivity index (χ3v) is 5.63. The maximum absolute atomic E-state index is 13.0. The second-order valence-electron chi connectivity index (χ2n) is 6.40. The van der Waals surface area contributed by atoms with Crippen molar-refractivity contribution in [3.8, 4) is 5.75 Å². The average Bonchev–Trinajstić information content (AvgIpc) is 2.58. The molecule has 0 N–H and O–H groups in total. The monoisotopic (exact) mass is 366 g/mol. The van der Waals surface area contributed by atoms with E-state index in [1.165, 1.54) is 44.2 Å². The number of rotatable bonds is 5. The van der Waals surface area contributed by atoms with Crippen LogP contribution in [0.1, 0.15) is 55.3 Å². The molecule has 0 radical (unpaired) electrons. The van der Waals surface area contributed by atoms with Gasteiger partial charge in [-0.2, -0.15) is 0 Å². The van der Waals surface area contributed by atoms with Crippen LogP contribution < -0.4 is 4.74 Å². The Bertz CT molecular complexity index is 628. The lowest BCUT2D eigenvalue weighted by Gasteiger charge is -2.30. The van der Waals surface area contributed by atoms with E-state index < -0.39 is 4.92 Å². The van der Waals surface area contributed by atoms with E-state index in [9.17, 15) is 14.9 Å². The van der Waals surface area contributed by atoms with Gasteiger partial charge in [0.2, 0.25) is 0 Å². The van der Waals surface area contributed by atoms with Gasteiger partial charge in [-0.05, 0) is 25.2 Å². The fourth-order valence-corrected chi connectivity index (χ4v) is 3.95. The van der Waals surface area contributed by atoms with Crippen LogP contribution in [0.5, 0.6) is 5.75 Å². The van der Waals surface area contributed by atoms with Crippen molar-refractivity contribution >= 4 is 23.4 Å². The molecule has 1 amide bonds. The fraction of sp³-hybridized carbons (Fsp3) is 0.611. The molecule has 0 heterocycles. The van der Waals surface area contributed by atoms with Crippen LogP contribution in [-0.2, 0) is 0 Å². The highest BCUT2D eigenvalue weighted by molar-refractivity contribution is 7.98. The van der Waals surface area contributed by atoms with E-state index in [2.05, 4.69) is 0 Å². The minimum Gasteiger partial charge on any atom is -0.495 e. The third-order valence-electron chi connectivity index (χ3n) is 4.87. The second kappa shape index (κ2) is 9.08. The standard InChI is InChI=1S/C18H26N2O4S/c1-19(13-9-7-5-4-6-8-10-13)18(21)14-11-17(25-3)16(24-2)12-15(14)20(22)23/h11-13H,4-10H2,1-3H3. The van der Waals surface area contributed by atoms with Gasteiger partial charge in [0.15, 0.2) is 0 Å². The van der Waals surface area contributed by atoms with E-state index in [1.807, 2.05) is 6.26 Å². The van der Waals surface area contributed by atoms with Crippen LogP contribution in [0, 0.1) is 10.1 Å². The number of amides is 1. The number of ether oxygens (including phenoxy) is 1. The smallest absolute Gasteiger partial charge is 0.285 e. The summed E-state index contributed by atoms with van der Waals surface area (Å²) in [5.74, 6) is 0.139. The molecule has 1 aromatic rings. The number of carbonyl (C=O) groups excluding carboxylic acids is 1. The summed E-state index contributed by atoms with van der Waals surface area (Å²) in [5, 5.41) is 11.5. The van der Waals surface area contributed by atoms with Gasteiger partial charge in [0, 0.05) is 13.1 Å². The van der Waals surface area contributed by atoms with Crippen LogP contribution >= 0.6 is 11.8 Å². The van der Waals surface area contributed by atoms with E-state index in [0.717, 1.165) is 30.6 Å². The van der Waals surface area contributed by atoms with Crippen molar-refractivity contribution in [2.24, 2.45) is 0 Å². The molecule has 0 aliphatic heterocycles. The minimum absolute atomic E-state index is 0.139. The van der Waals surface area contributed by atoms with Crippen molar-refractivity contribution in [1.82, 2.24) is 4.90 Å². The molecule has 25 heavy (non-hydrogen) atoms. The number of carbonyl (C=O) groups is 1. The number of methoxy groups -OCH3 is 1. The molecule has 1 saturated carbocycles. The van der Waals surface area contributed by atoms with Crippen LogP contribution in [0.15, 0.2) is 17.0 Å². The summed E-state index contributed by atoms with van der Waals surface area (Å²) < 4.78 is 5.22. The van der Waals surface area contributed by atoms with Gasteiger partial charge in [-0.15, -0.1) is 11.8 Å². The van der Waals surface area contributed by atoms with Gasteiger partial charge >= 0.3 is 0 Å². The molecular weight excluding hydrogens is 340 g/mol. The summed E-state index contributed by atoms with van der Waals surface area (Å²) in [6.45, 7) is 0. The summed E-state index contributed by atoms with van der Waals surface area (Å²) in [6, 6.07) is 3.08. The number of nitrogens with zero attached hydrogens (tertiary/aromatic N) is 2. The van der Waals surface area contributed by atoms with E-state index in [0.29, 0.717) is 5.75 Å². The van der Waals surface area contributed by atoms with Gasteiger partial charge in [-0.3, -0.25) is 14.9 Å². The lowest BCUT2D eigenvalue weighted by Crippen LogP contribution is -2.37. The third kappa shape index (κ3) is 4.66. The highest BCUT2D eigenvalue weighted by atomic mass is 32.2. The molecule has 7 heteroatoms. The summed E-state index contributed by atoms with van der Waals surface area (Å²) in [5.41, 5.74) is -0.0583. The zero-order valence-corrected chi connectivity index (χ0v) is 15.9. The zero-order valence-electron chi connectivity index (χ0n) is 15.1. The summed E-state index contributed by atoms with van der Waals surface area (Å²) in [7, 11) is 3.24. The summed E-state index contributed by atoms with van der Waals surface area (Å²) in [4.78, 5) is 26.4. The molecule has 1 aliphatic carbocycles. The van der Waals surface area contributed by atoms with Gasteiger partial charge < -0.3 is 9.64 Å². The zero-order chi connectivity index (χ0) is 18.4. The van der Waals surface area contributed by atoms with Gasteiger partial charge in [0.1, 0.15) is 11.3 Å². The summed E-state index contributed by atoms with van der Waals surface area (Å²) in [6.07, 6.45) is 9.62. The van der Waals surface area contributed by atoms with Gasteiger partial charge in [-0.25, -0.2) is 0 Å². The van der Waals surface area contributed by atoms with Gasteiger partial charge in [0.25, 0.3) is 11.6 Å². The van der Waals surface area contributed by atoms with Crippen LogP contribution in [-0.4, -0.2) is 42.2 Å². The Kier molecular flexibility index (Phi) is 7.11. The molecule has 1 aromatic carbocycles. The van der Waals surface area contributed by atoms with E-state index in [1.54, 1.807) is 18.0 Å². The number of nitro benzene ring substituents is 1. The lowest BCUT2D eigenvalue weighted by atomic mass is 9.95. The highest BCUT2D eigenvalue weighted by Gasteiger charge is 2.29. The minimum atomic E-state index is -0.508. The topological polar surface area (TPSA) is 72.7 Å². The maximum atomic E-state index is 13.0. The maximum Gasteiger partial charge on any atom is 0.285 e. The molecule has 0 atom stereocenters. The quantitative estimate of drug-likeness (QED) is 0.435. The van der Waals surface area contributed by atoms with Crippen molar-refractivity contribution in [3.05, 3.63) is 27.8 Å².